The van der Waals surface area contributed by atoms with Crippen LogP contribution in [0.4, 0.5) is 0 Å². The molecule has 0 aliphatic carbocycles. The molecule has 4 rings (SSSR count). The van der Waals surface area contributed by atoms with Gasteiger partial charge in [-0.25, -0.2) is 5.01 Å². The summed E-state index contributed by atoms with van der Waals surface area (Å²) < 4.78 is 5.88. The summed E-state index contributed by atoms with van der Waals surface area (Å²) in [6, 6.07) is 18.4. The van der Waals surface area contributed by atoms with Crippen LogP contribution in [-0.4, -0.2) is 71.7 Å². The highest BCUT2D eigenvalue weighted by Crippen LogP contribution is 2.38. The molecule has 2 aromatic rings. The van der Waals surface area contributed by atoms with E-state index in [1.807, 2.05) is 60.7 Å². The summed E-state index contributed by atoms with van der Waals surface area (Å²) in [5.41, 5.74) is 7.10. The Morgan fingerprint density at radius 3 is 2.41 bits per heavy atom. The van der Waals surface area contributed by atoms with E-state index in [-0.39, 0.29) is 25.0 Å². The van der Waals surface area contributed by atoms with E-state index in [1.54, 1.807) is 31.9 Å². The van der Waals surface area contributed by atoms with Crippen molar-refractivity contribution in [2.75, 3.05) is 26.7 Å². The van der Waals surface area contributed by atoms with E-state index in [0.717, 1.165) is 16.8 Å². The molecule has 0 saturated carbocycles. The van der Waals surface area contributed by atoms with Crippen molar-refractivity contribution in [1.29, 1.82) is 0 Å². The summed E-state index contributed by atoms with van der Waals surface area (Å²) in [4.78, 5) is 41.7. The second-order valence-electron chi connectivity index (χ2n) is 10.8. The van der Waals surface area contributed by atoms with Crippen molar-refractivity contribution in [2.24, 2.45) is 16.3 Å². The quantitative estimate of drug-likeness (QED) is 0.456. The van der Waals surface area contributed by atoms with Crippen LogP contribution in [0.1, 0.15) is 31.4 Å². The third-order valence-electron chi connectivity index (χ3n) is 6.94. The Kier molecular flexibility index (Phi) is 8.62. The minimum absolute atomic E-state index is 0.0176. The summed E-state index contributed by atoms with van der Waals surface area (Å²) in [5.74, 6) is -0.872. The van der Waals surface area contributed by atoms with E-state index in [1.165, 1.54) is 11.1 Å². The Bertz CT molecular complexity index is 1240. The number of benzene rings is 2. The summed E-state index contributed by atoms with van der Waals surface area (Å²) in [7, 11) is 1.65. The summed E-state index contributed by atoms with van der Waals surface area (Å²) in [6.45, 7) is 4.40. The zero-order valence-corrected chi connectivity index (χ0v) is 22.8. The predicted molar refractivity (Wildman–Crippen MR) is 149 cm³/mol. The topological polar surface area (TPSA) is 117 Å². The smallest absolute Gasteiger partial charge is 0.256 e. The van der Waals surface area contributed by atoms with Crippen molar-refractivity contribution in [1.82, 2.24) is 15.2 Å². The molecule has 2 aliphatic rings. The average molecular weight is 532 g/mol. The molecule has 3 N–H and O–H groups in total. The number of carbonyl (C=O) groups is 3. The van der Waals surface area contributed by atoms with Gasteiger partial charge in [-0.1, -0.05) is 66.7 Å². The van der Waals surface area contributed by atoms with Crippen LogP contribution in [0.5, 0.6) is 0 Å². The molecule has 3 amide bonds. The van der Waals surface area contributed by atoms with Gasteiger partial charge >= 0.3 is 0 Å². The minimum atomic E-state index is -0.938. The summed E-state index contributed by atoms with van der Waals surface area (Å²) in [6.07, 6.45) is 3.84. The van der Waals surface area contributed by atoms with E-state index < -0.39 is 22.9 Å². The number of hydrogen-bond acceptors (Lipinski definition) is 6. The van der Waals surface area contributed by atoms with Gasteiger partial charge < -0.3 is 20.7 Å². The lowest BCUT2D eigenvalue weighted by atomic mass is 9.73. The number of hydrazone groups is 1. The fourth-order valence-electron chi connectivity index (χ4n) is 4.99. The predicted octanol–water partition coefficient (Wildman–Crippen LogP) is 2.27. The minimum Gasteiger partial charge on any atom is -0.374 e. The largest absolute Gasteiger partial charge is 0.374 e. The third-order valence-corrected chi connectivity index (χ3v) is 6.94. The number of carbonyl (C=O) groups excluding carboxylic acids is 3. The molecule has 0 radical (unpaired) electrons. The maximum atomic E-state index is 13.9. The Labute approximate surface area is 229 Å². The summed E-state index contributed by atoms with van der Waals surface area (Å²) >= 11 is 0. The van der Waals surface area contributed by atoms with E-state index in [2.05, 4.69) is 10.4 Å². The number of rotatable bonds is 10. The zero-order chi connectivity index (χ0) is 28.0. The lowest BCUT2D eigenvalue weighted by Crippen LogP contribution is -2.59. The second kappa shape index (κ2) is 11.9. The summed E-state index contributed by atoms with van der Waals surface area (Å²) in [5, 5.41) is 8.70. The Balaban J connectivity index is 1.53. The van der Waals surface area contributed by atoms with Crippen molar-refractivity contribution < 1.29 is 19.1 Å². The van der Waals surface area contributed by atoms with E-state index in [9.17, 15) is 14.4 Å². The zero-order valence-electron chi connectivity index (χ0n) is 22.8. The van der Waals surface area contributed by atoms with Crippen LogP contribution in [0, 0.1) is 5.41 Å². The molecule has 2 aliphatic heterocycles. The van der Waals surface area contributed by atoms with Gasteiger partial charge in [0, 0.05) is 38.2 Å². The number of likely N-dealkylation sites (tertiary alicyclic amines) is 1. The fourth-order valence-corrected chi connectivity index (χ4v) is 4.99. The van der Waals surface area contributed by atoms with Gasteiger partial charge in [-0.3, -0.25) is 14.4 Å². The number of fused-ring (bicyclic) bond motifs is 1. The molecule has 9 heteroatoms. The van der Waals surface area contributed by atoms with Crippen molar-refractivity contribution in [3.05, 3.63) is 83.9 Å². The molecule has 1 fully saturated rings. The normalized spacial score (nSPS) is 20.1. The number of nitrogens with two attached hydrogens (primary N) is 1. The van der Waals surface area contributed by atoms with Gasteiger partial charge in [0.15, 0.2) is 0 Å². The first-order chi connectivity index (χ1) is 18.6. The van der Waals surface area contributed by atoms with Crippen molar-refractivity contribution >= 4 is 23.4 Å². The number of hydrogen-bond donors (Lipinski definition) is 2. The number of ether oxygens (including phenoxy) is 1. The van der Waals surface area contributed by atoms with Crippen LogP contribution in [0.25, 0.3) is 0 Å². The SMILES string of the molecule is CN1N=C2CCN(C(=O)C(COCc3ccccc3)NC(=O)C=CC(C)(C)N)CC2(Cc2ccccc2)C1=O. The molecule has 0 bridgehead atoms. The first kappa shape index (κ1) is 28.2. The molecule has 2 atom stereocenters. The fraction of sp³-hybridized carbons (Fsp3) is 0.400. The van der Waals surface area contributed by atoms with Gasteiger partial charge in [-0.15, -0.1) is 0 Å². The first-order valence-corrected chi connectivity index (χ1v) is 13.2. The first-order valence-electron chi connectivity index (χ1n) is 13.2. The maximum absolute atomic E-state index is 13.9. The lowest BCUT2D eigenvalue weighted by molar-refractivity contribution is -0.142. The van der Waals surface area contributed by atoms with E-state index >= 15 is 0 Å². The average Bonchev–Trinajstić information content (AvgIpc) is 3.16. The Hall–Kier alpha value is -3.82. The molecular formula is C30H37N5O4. The van der Waals surface area contributed by atoms with E-state index in [4.69, 9.17) is 10.5 Å². The van der Waals surface area contributed by atoms with Gasteiger partial charge in [-0.2, -0.15) is 5.10 Å². The van der Waals surface area contributed by atoms with Crippen molar-refractivity contribution in [3.63, 3.8) is 0 Å². The molecule has 1 saturated heterocycles. The molecule has 39 heavy (non-hydrogen) atoms. The molecule has 2 heterocycles. The highest BCUT2D eigenvalue weighted by Gasteiger charge is 2.53. The van der Waals surface area contributed by atoms with Gasteiger partial charge in [0.05, 0.1) is 18.9 Å². The standard InChI is InChI=1S/C30H37N5O4/c1-29(2,31)16-14-26(36)32-24(20-39-19-23-12-8-5-9-13-23)27(37)35-17-15-25-30(21-35,28(38)34(3)33-25)18-22-10-6-4-7-11-22/h4-14,16,24H,15,17-21,31H2,1-3H3,(H,32,36). The van der Waals surface area contributed by atoms with Crippen LogP contribution in [0.2, 0.25) is 0 Å². The molecule has 9 nitrogen and oxygen atoms in total. The molecule has 0 spiro atoms. The number of nitrogens with zero attached hydrogens (tertiary/aromatic N) is 3. The lowest BCUT2D eigenvalue weighted by Gasteiger charge is -2.40. The highest BCUT2D eigenvalue weighted by atomic mass is 16.5. The van der Waals surface area contributed by atoms with Crippen molar-refractivity contribution in [2.45, 2.75) is 44.9 Å². The molecule has 2 unspecified atom stereocenters. The molecule has 206 valence electrons. The number of amides is 3. The highest BCUT2D eigenvalue weighted by molar-refractivity contribution is 6.13. The maximum Gasteiger partial charge on any atom is 0.256 e. The third kappa shape index (κ3) is 6.99. The van der Waals surface area contributed by atoms with Gasteiger partial charge in [0.1, 0.15) is 11.5 Å². The van der Waals surface area contributed by atoms with Crippen LogP contribution >= 0.6 is 0 Å². The van der Waals surface area contributed by atoms with Gasteiger partial charge in [0.2, 0.25) is 11.8 Å². The van der Waals surface area contributed by atoms with Crippen LogP contribution < -0.4 is 11.1 Å². The van der Waals surface area contributed by atoms with Crippen LogP contribution in [-0.2, 0) is 32.1 Å². The van der Waals surface area contributed by atoms with Crippen LogP contribution in [0.15, 0.2) is 77.9 Å². The molecule has 0 aromatic heterocycles. The van der Waals surface area contributed by atoms with Crippen molar-refractivity contribution in [3.8, 4) is 0 Å². The number of nitrogens with one attached hydrogen (secondary N) is 1. The molecular weight excluding hydrogens is 494 g/mol. The molecule has 2 aromatic carbocycles. The van der Waals surface area contributed by atoms with Gasteiger partial charge in [0.25, 0.3) is 5.91 Å². The second-order valence-corrected chi connectivity index (χ2v) is 10.8. The number of piperidine rings is 1. The van der Waals surface area contributed by atoms with E-state index in [0.29, 0.717) is 26.0 Å². The monoisotopic (exact) mass is 531 g/mol. The van der Waals surface area contributed by atoms with Crippen LogP contribution in [0.3, 0.4) is 0 Å². The van der Waals surface area contributed by atoms with Gasteiger partial charge in [-0.05, 0) is 31.4 Å². The Morgan fingerprint density at radius 1 is 1.13 bits per heavy atom. The Morgan fingerprint density at radius 2 is 1.77 bits per heavy atom.